The molecule has 0 radical (unpaired) electrons. The van der Waals surface area contributed by atoms with Crippen molar-refractivity contribution >= 4 is 11.8 Å². The van der Waals surface area contributed by atoms with E-state index < -0.39 is 0 Å². The summed E-state index contributed by atoms with van der Waals surface area (Å²) in [6.07, 6.45) is 0. The van der Waals surface area contributed by atoms with Crippen LogP contribution in [-0.4, -0.2) is 71.0 Å². The highest BCUT2D eigenvalue weighted by Crippen LogP contribution is 2.29. The van der Waals surface area contributed by atoms with Crippen molar-refractivity contribution in [2.75, 3.05) is 54.2 Å². The van der Waals surface area contributed by atoms with Crippen LogP contribution in [0.2, 0.25) is 0 Å². The molecule has 1 saturated heterocycles. The van der Waals surface area contributed by atoms with Gasteiger partial charge in [0, 0.05) is 25.2 Å². The molecule has 0 aliphatic carbocycles. The van der Waals surface area contributed by atoms with Gasteiger partial charge in [-0.3, -0.25) is 9.59 Å². The van der Waals surface area contributed by atoms with Gasteiger partial charge in [0.1, 0.15) is 0 Å². The number of carbonyl (C=O) groups excluding carboxylic acids is 2. The summed E-state index contributed by atoms with van der Waals surface area (Å²) in [7, 11) is 4.61. The number of methoxy groups -OCH3 is 3. The van der Waals surface area contributed by atoms with Gasteiger partial charge in [0.2, 0.25) is 0 Å². The number of nitrogens with one attached hydrogen (secondary N) is 1. The second-order valence-electron chi connectivity index (χ2n) is 7.02. The molecule has 9 heteroatoms. The lowest BCUT2D eigenvalue weighted by atomic mass is 10.1. The van der Waals surface area contributed by atoms with E-state index in [1.54, 1.807) is 43.4 Å². The first-order valence-electron chi connectivity index (χ1n) is 10.2. The second kappa shape index (κ2) is 11.2. The van der Waals surface area contributed by atoms with Crippen molar-refractivity contribution in [3.63, 3.8) is 0 Å². The molecule has 0 saturated carbocycles. The fourth-order valence-electron chi connectivity index (χ4n) is 3.25. The molecule has 172 valence electrons. The molecule has 1 heterocycles. The molecule has 1 aliphatic rings. The topological polar surface area (TPSA) is 95.6 Å². The molecule has 1 aliphatic heterocycles. The third-order valence-corrected chi connectivity index (χ3v) is 5.04. The van der Waals surface area contributed by atoms with E-state index in [0.29, 0.717) is 61.4 Å². The SMILES string of the molecule is COc1ccc(CNC(=O)c2ccc(OCC(=O)N3CCOCC3)c(OC)c2)cc1OC. The summed E-state index contributed by atoms with van der Waals surface area (Å²) in [5.74, 6) is 1.59. The zero-order valence-electron chi connectivity index (χ0n) is 18.5. The summed E-state index contributed by atoms with van der Waals surface area (Å²) in [5, 5.41) is 2.86. The van der Waals surface area contributed by atoms with Crippen LogP contribution in [0.1, 0.15) is 15.9 Å². The van der Waals surface area contributed by atoms with E-state index in [1.807, 2.05) is 12.1 Å². The Morgan fingerprint density at radius 1 is 0.906 bits per heavy atom. The number of carbonyl (C=O) groups is 2. The lowest BCUT2D eigenvalue weighted by Gasteiger charge is -2.26. The average molecular weight is 444 g/mol. The second-order valence-corrected chi connectivity index (χ2v) is 7.02. The minimum Gasteiger partial charge on any atom is -0.493 e. The number of ether oxygens (including phenoxy) is 5. The maximum absolute atomic E-state index is 12.6. The van der Waals surface area contributed by atoms with E-state index >= 15 is 0 Å². The van der Waals surface area contributed by atoms with Crippen LogP contribution in [0.15, 0.2) is 36.4 Å². The number of rotatable bonds is 9. The van der Waals surface area contributed by atoms with Gasteiger partial charge < -0.3 is 33.9 Å². The maximum atomic E-state index is 12.6. The maximum Gasteiger partial charge on any atom is 0.260 e. The van der Waals surface area contributed by atoms with Crippen LogP contribution in [0, 0.1) is 0 Å². The molecule has 0 bridgehead atoms. The Kier molecular flexibility index (Phi) is 8.15. The molecule has 2 aromatic rings. The molecular weight excluding hydrogens is 416 g/mol. The number of benzene rings is 2. The van der Waals surface area contributed by atoms with Gasteiger partial charge in [-0.05, 0) is 35.9 Å². The van der Waals surface area contributed by atoms with Crippen molar-refractivity contribution in [2.45, 2.75) is 6.54 Å². The molecule has 0 aromatic heterocycles. The summed E-state index contributed by atoms with van der Waals surface area (Å²) < 4.78 is 26.8. The van der Waals surface area contributed by atoms with Gasteiger partial charge in [0.05, 0.1) is 34.5 Å². The highest BCUT2D eigenvalue weighted by molar-refractivity contribution is 5.94. The zero-order chi connectivity index (χ0) is 22.9. The molecule has 1 fully saturated rings. The van der Waals surface area contributed by atoms with E-state index in [9.17, 15) is 9.59 Å². The molecule has 3 rings (SSSR count). The monoisotopic (exact) mass is 444 g/mol. The molecule has 2 aromatic carbocycles. The Morgan fingerprint density at radius 2 is 1.56 bits per heavy atom. The number of hydrogen-bond donors (Lipinski definition) is 1. The molecule has 1 N–H and O–H groups in total. The average Bonchev–Trinajstić information content (AvgIpc) is 2.85. The lowest BCUT2D eigenvalue weighted by Crippen LogP contribution is -2.43. The number of amides is 2. The number of hydrogen-bond acceptors (Lipinski definition) is 7. The summed E-state index contributed by atoms with van der Waals surface area (Å²) in [5.41, 5.74) is 1.28. The van der Waals surface area contributed by atoms with Crippen molar-refractivity contribution in [3.05, 3.63) is 47.5 Å². The van der Waals surface area contributed by atoms with E-state index in [4.69, 9.17) is 23.7 Å². The third-order valence-electron chi connectivity index (χ3n) is 5.04. The largest absolute Gasteiger partial charge is 0.493 e. The van der Waals surface area contributed by atoms with Gasteiger partial charge in [0.25, 0.3) is 11.8 Å². The van der Waals surface area contributed by atoms with Crippen LogP contribution in [0.4, 0.5) is 0 Å². The first-order valence-corrected chi connectivity index (χ1v) is 10.2. The minimum atomic E-state index is -0.269. The molecule has 2 amide bonds. The van der Waals surface area contributed by atoms with Crippen LogP contribution in [0.3, 0.4) is 0 Å². The molecule has 9 nitrogen and oxygen atoms in total. The molecular formula is C23H28N2O7. The van der Waals surface area contributed by atoms with Crippen LogP contribution in [-0.2, 0) is 16.1 Å². The van der Waals surface area contributed by atoms with Gasteiger partial charge in [-0.15, -0.1) is 0 Å². The quantitative estimate of drug-likeness (QED) is 0.631. The van der Waals surface area contributed by atoms with Gasteiger partial charge in [-0.1, -0.05) is 6.07 Å². The zero-order valence-corrected chi connectivity index (χ0v) is 18.5. The van der Waals surface area contributed by atoms with Gasteiger partial charge in [-0.2, -0.15) is 0 Å². The smallest absolute Gasteiger partial charge is 0.260 e. The fourth-order valence-corrected chi connectivity index (χ4v) is 3.25. The molecule has 0 unspecified atom stereocenters. The van der Waals surface area contributed by atoms with Crippen LogP contribution in [0.5, 0.6) is 23.0 Å². The highest BCUT2D eigenvalue weighted by atomic mass is 16.5. The lowest BCUT2D eigenvalue weighted by molar-refractivity contribution is -0.137. The first-order chi connectivity index (χ1) is 15.5. The van der Waals surface area contributed by atoms with Crippen molar-refractivity contribution in [1.82, 2.24) is 10.2 Å². The number of morpholine rings is 1. The van der Waals surface area contributed by atoms with Crippen molar-refractivity contribution in [3.8, 4) is 23.0 Å². The Morgan fingerprint density at radius 3 is 2.25 bits per heavy atom. The Bertz CT molecular complexity index is 942. The first kappa shape index (κ1) is 23.2. The van der Waals surface area contributed by atoms with Gasteiger partial charge in [0.15, 0.2) is 29.6 Å². The van der Waals surface area contributed by atoms with E-state index in [1.165, 1.54) is 7.11 Å². The Balaban J connectivity index is 1.59. The number of nitrogens with zero attached hydrogens (tertiary/aromatic N) is 1. The molecule has 32 heavy (non-hydrogen) atoms. The standard InChI is InChI=1S/C23H28N2O7/c1-28-18-6-4-16(12-20(18)29-2)14-24-23(27)17-5-7-19(21(13-17)30-3)32-15-22(26)25-8-10-31-11-9-25/h4-7,12-13H,8-11,14-15H2,1-3H3,(H,24,27). The Labute approximate surface area is 187 Å². The summed E-state index contributed by atoms with van der Waals surface area (Å²) in [6, 6.07) is 10.3. The fraction of sp³-hybridized carbons (Fsp3) is 0.391. The van der Waals surface area contributed by atoms with E-state index in [2.05, 4.69) is 5.32 Å². The van der Waals surface area contributed by atoms with E-state index in [0.717, 1.165) is 5.56 Å². The van der Waals surface area contributed by atoms with Crippen LogP contribution in [0.25, 0.3) is 0 Å². The minimum absolute atomic E-state index is 0.110. The highest BCUT2D eigenvalue weighted by Gasteiger charge is 2.18. The van der Waals surface area contributed by atoms with Crippen molar-refractivity contribution < 1.29 is 33.3 Å². The van der Waals surface area contributed by atoms with Crippen molar-refractivity contribution in [2.24, 2.45) is 0 Å². The van der Waals surface area contributed by atoms with Crippen molar-refractivity contribution in [1.29, 1.82) is 0 Å². The van der Waals surface area contributed by atoms with Crippen LogP contribution >= 0.6 is 0 Å². The van der Waals surface area contributed by atoms with E-state index in [-0.39, 0.29) is 18.4 Å². The predicted molar refractivity (Wildman–Crippen MR) is 117 cm³/mol. The van der Waals surface area contributed by atoms with Gasteiger partial charge in [-0.25, -0.2) is 0 Å². The van der Waals surface area contributed by atoms with Gasteiger partial charge >= 0.3 is 0 Å². The predicted octanol–water partition coefficient (Wildman–Crippen LogP) is 1.88. The normalized spacial score (nSPS) is 13.3. The molecule has 0 atom stereocenters. The summed E-state index contributed by atoms with van der Waals surface area (Å²) >= 11 is 0. The van der Waals surface area contributed by atoms with Crippen LogP contribution < -0.4 is 24.3 Å². The third kappa shape index (κ3) is 5.82. The summed E-state index contributed by atoms with van der Waals surface area (Å²) in [4.78, 5) is 26.6. The molecule has 0 spiro atoms. The summed E-state index contributed by atoms with van der Waals surface area (Å²) in [6.45, 7) is 2.37. The Hall–Kier alpha value is -3.46.